The van der Waals surface area contributed by atoms with Crippen LogP contribution >= 0.6 is 11.3 Å². The molecule has 3 rings (SSSR count). The molecule has 0 aliphatic rings. The van der Waals surface area contributed by atoms with Crippen molar-refractivity contribution in [2.75, 3.05) is 7.05 Å². The Hall–Kier alpha value is -2.61. The van der Waals surface area contributed by atoms with Gasteiger partial charge in [0.05, 0.1) is 11.7 Å². The first-order chi connectivity index (χ1) is 12.4. The number of carbonyl (C=O) groups excluding carboxylic acids is 1. The predicted octanol–water partition coefficient (Wildman–Crippen LogP) is 4.54. The van der Waals surface area contributed by atoms with Crippen LogP contribution in [0.15, 0.2) is 42.0 Å². The van der Waals surface area contributed by atoms with Gasteiger partial charge in [0.15, 0.2) is 0 Å². The fraction of sp³-hybridized carbons (Fsp3) is 0.278. The van der Waals surface area contributed by atoms with Gasteiger partial charge in [0, 0.05) is 35.9 Å². The third-order valence-corrected chi connectivity index (χ3v) is 5.19. The van der Waals surface area contributed by atoms with Gasteiger partial charge in [-0.1, -0.05) is 12.1 Å². The van der Waals surface area contributed by atoms with Gasteiger partial charge >= 0.3 is 6.55 Å². The number of carbonyl (C=O) groups is 1. The van der Waals surface area contributed by atoms with Crippen molar-refractivity contribution in [3.63, 3.8) is 0 Å². The molecule has 26 heavy (non-hydrogen) atoms. The minimum atomic E-state index is -2.70. The summed E-state index contributed by atoms with van der Waals surface area (Å²) in [6.45, 7) is 0.883. The van der Waals surface area contributed by atoms with Crippen LogP contribution in [0, 0.1) is 6.92 Å². The number of aromatic nitrogens is 3. The summed E-state index contributed by atoms with van der Waals surface area (Å²) in [7, 11) is 1.72. The molecule has 1 amide bonds. The van der Waals surface area contributed by atoms with Gasteiger partial charge in [0.2, 0.25) is 0 Å². The normalized spacial score (nSPS) is 12.4. The van der Waals surface area contributed by atoms with E-state index in [9.17, 15) is 13.6 Å². The van der Waals surface area contributed by atoms with E-state index in [1.54, 1.807) is 49.3 Å². The summed E-state index contributed by atoms with van der Waals surface area (Å²) in [5.74, 6) is -0.159. The third-order valence-electron chi connectivity index (χ3n) is 4.25. The van der Waals surface area contributed by atoms with Crippen molar-refractivity contribution in [3.05, 3.63) is 58.3 Å². The van der Waals surface area contributed by atoms with Crippen molar-refractivity contribution >= 4 is 17.2 Å². The van der Waals surface area contributed by atoms with Gasteiger partial charge in [-0.05, 0) is 31.5 Å². The summed E-state index contributed by atoms with van der Waals surface area (Å²) in [4.78, 5) is 18.7. The largest absolute Gasteiger partial charge is 0.333 e. The number of rotatable bonds is 5. The minimum absolute atomic E-state index is 0.158. The van der Waals surface area contributed by atoms with E-state index < -0.39 is 6.55 Å². The van der Waals surface area contributed by atoms with Crippen LogP contribution in [0.25, 0.3) is 11.1 Å². The highest BCUT2D eigenvalue weighted by Gasteiger charge is 2.21. The Morgan fingerprint density at radius 1 is 1.35 bits per heavy atom. The van der Waals surface area contributed by atoms with Crippen molar-refractivity contribution in [2.45, 2.75) is 26.4 Å². The molecule has 1 atom stereocenters. The maximum absolute atomic E-state index is 12.8. The monoisotopic (exact) mass is 376 g/mol. The van der Waals surface area contributed by atoms with Gasteiger partial charge in [-0.15, -0.1) is 11.3 Å². The van der Waals surface area contributed by atoms with Gasteiger partial charge in [-0.25, -0.2) is 9.67 Å². The molecular formula is C18H18F2N4OS. The molecule has 1 aromatic carbocycles. The predicted molar refractivity (Wildman–Crippen MR) is 96.3 cm³/mol. The second kappa shape index (κ2) is 7.33. The van der Waals surface area contributed by atoms with Crippen LogP contribution in [0.5, 0.6) is 0 Å². The lowest BCUT2D eigenvalue weighted by molar-refractivity contribution is 0.0563. The number of alkyl halides is 2. The number of thiazole rings is 1. The Labute approximate surface area is 153 Å². The van der Waals surface area contributed by atoms with Crippen molar-refractivity contribution in [1.29, 1.82) is 0 Å². The summed E-state index contributed by atoms with van der Waals surface area (Å²) in [6.07, 6.45) is 3.00. The zero-order valence-corrected chi connectivity index (χ0v) is 15.4. The van der Waals surface area contributed by atoms with Crippen LogP contribution in [0.1, 0.15) is 40.6 Å². The van der Waals surface area contributed by atoms with Gasteiger partial charge in [0.25, 0.3) is 5.91 Å². The Balaban J connectivity index is 1.88. The molecule has 2 heterocycles. The second-order valence-electron chi connectivity index (χ2n) is 5.93. The lowest BCUT2D eigenvalue weighted by Crippen LogP contribution is -2.29. The van der Waals surface area contributed by atoms with E-state index in [4.69, 9.17) is 0 Å². The molecule has 3 aromatic rings. The maximum atomic E-state index is 12.8. The quantitative estimate of drug-likeness (QED) is 0.657. The number of hydrogen-bond donors (Lipinski definition) is 0. The lowest BCUT2D eigenvalue weighted by Gasteiger charge is -2.23. The highest BCUT2D eigenvalue weighted by atomic mass is 32.1. The SMILES string of the molecule is Cc1nn(C(F)F)cc1-c1cccc(C(=O)N(C)C(C)c2nccs2)c1. The van der Waals surface area contributed by atoms with E-state index in [-0.39, 0.29) is 11.9 Å². The zero-order chi connectivity index (χ0) is 18.8. The van der Waals surface area contributed by atoms with Crippen LogP contribution < -0.4 is 0 Å². The van der Waals surface area contributed by atoms with Gasteiger partial charge < -0.3 is 4.90 Å². The van der Waals surface area contributed by atoms with E-state index in [2.05, 4.69) is 10.1 Å². The van der Waals surface area contributed by atoms with E-state index >= 15 is 0 Å². The number of halogens is 2. The van der Waals surface area contributed by atoms with Crippen molar-refractivity contribution in [3.8, 4) is 11.1 Å². The average Bonchev–Trinajstić information content (AvgIpc) is 3.29. The molecule has 0 saturated carbocycles. The topological polar surface area (TPSA) is 51.0 Å². The Morgan fingerprint density at radius 2 is 2.12 bits per heavy atom. The maximum Gasteiger partial charge on any atom is 0.333 e. The molecule has 0 saturated heterocycles. The number of nitrogens with zero attached hydrogens (tertiary/aromatic N) is 4. The molecule has 1 unspecified atom stereocenters. The molecule has 2 aromatic heterocycles. The molecule has 0 bridgehead atoms. The molecule has 0 aliphatic carbocycles. The average molecular weight is 376 g/mol. The van der Waals surface area contributed by atoms with Crippen molar-refractivity contribution in [2.24, 2.45) is 0 Å². The zero-order valence-electron chi connectivity index (χ0n) is 14.6. The Kier molecular flexibility index (Phi) is 5.13. The third kappa shape index (κ3) is 3.50. The van der Waals surface area contributed by atoms with E-state index in [1.807, 2.05) is 12.3 Å². The standard InChI is InChI=1S/C18H18F2N4OS/c1-11-15(10-24(22-11)18(19)20)13-5-4-6-14(9-13)17(25)23(3)12(2)16-21-7-8-26-16/h4-10,12,18H,1-3H3. The molecule has 5 nitrogen and oxygen atoms in total. The number of benzene rings is 1. The fourth-order valence-corrected chi connectivity index (χ4v) is 3.41. The molecule has 0 aliphatic heterocycles. The molecular weight excluding hydrogens is 358 g/mol. The van der Waals surface area contributed by atoms with E-state index in [0.29, 0.717) is 27.1 Å². The van der Waals surface area contributed by atoms with Crippen molar-refractivity contribution < 1.29 is 13.6 Å². The summed E-state index contributed by atoms with van der Waals surface area (Å²) >= 11 is 1.49. The fourth-order valence-electron chi connectivity index (χ4n) is 2.67. The molecule has 0 spiro atoms. The van der Waals surface area contributed by atoms with Crippen LogP contribution in [-0.4, -0.2) is 32.6 Å². The van der Waals surface area contributed by atoms with E-state index in [1.165, 1.54) is 17.5 Å². The highest BCUT2D eigenvalue weighted by Crippen LogP contribution is 2.27. The Bertz CT molecular complexity index is 908. The highest BCUT2D eigenvalue weighted by molar-refractivity contribution is 7.09. The first kappa shape index (κ1) is 18.2. The summed E-state index contributed by atoms with van der Waals surface area (Å²) < 4.78 is 26.3. The van der Waals surface area contributed by atoms with Crippen molar-refractivity contribution in [1.82, 2.24) is 19.7 Å². The van der Waals surface area contributed by atoms with Crippen LogP contribution in [0.3, 0.4) is 0 Å². The molecule has 8 heteroatoms. The summed E-state index contributed by atoms with van der Waals surface area (Å²) in [5, 5.41) is 6.54. The Morgan fingerprint density at radius 3 is 2.73 bits per heavy atom. The lowest BCUT2D eigenvalue weighted by atomic mass is 10.0. The molecule has 0 radical (unpaired) electrons. The summed E-state index contributed by atoms with van der Waals surface area (Å²) in [5.41, 5.74) is 2.23. The van der Waals surface area contributed by atoms with Crippen LogP contribution in [0.2, 0.25) is 0 Å². The smallest absolute Gasteiger partial charge is 0.333 e. The minimum Gasteiger partial charge on any atom is -0.333 e. The molecule has 0 fully saturated rings. The molecule has 136 valence electrons. The first-order valence-electron chi connectivity index (χ1n) is 7.99. The van der Waals surface area contributed by atoms with Gasteiger partial charge in [-0.2, -0.15) is 13.9 Å². The van der Waals surface area contributed by atoms with Gasteiger partial charge in [-0.3, -0.25) is 4.79 Å². The van der Waals surface area contributed by atoms with Crippen LogP contribution in [-0.2, 0) is 0 Å². The van der Waals surface area contributed by atoms with Gasteiger partial charge in [0.1, 0.15) is 5.01 Å². The first-order valence-corrected chi connectivity index (χ1v) is 8.87. The number of amides is 1. The number of hydrogen-bond acceptors (Lipinski definition) is 4. The van der Waals surface area contributed by atoms with E-state index in [0.717, 1.165) is 5.01 Å². The number of aryl methyl sites for hydroxylation is 1. The molecule has 0 N–H and O–H groups in total. The second-order valence-corrected chi connectivity index (χ2v) is 6.86. The van der Waals surface area contributed by atoms with Crippen LogP contribution in [0.4, 0.5) is 8.78 Å². The summed E-state index contributed by atoms with van der Waals surface area (Å²) in [6, 6.07) is 6.77.